The molecule has 0 heterocycles. The SMILES string of the molecule is C[C](C)C(F)(F)F. The first kappa shape index (κ1) is 6.79. The summed E-state index contributed by atoms with van der Waals surface area (Å²) < 4.78 is 33.4. The Morgan fingerprint density at radius 1 is 1.14 bits per heavy atom. The van der Waals surface area contributed by atoms with Gasteiger partial charge in [0.15, 0.2) is 0 Å². The third-order valence-corrected chi connectivity index (χ3v) is 0.567. The van der Waals surface area contributed by atoms with E-state index in [-0.39, 0.29) is 0 Å². The van der Waals surface area contributed by atoms with Gasteiger partial charge in [-0.25, -0.2) is 0 Å². The van der Waals surface area contributed by atoms with Crippen LogP contribution in [0.2, 0.25) is 0 Å². The molecule has 0 aromatic rings. The van der Waals surface area contributed by atoms with Crippen molar-refractivity contribution in [3.63, 3.8) is 0 Å². The van der Waals surface area contributed by atoms with E-state index in [1.807, 2.05) is 0 Å². The topological polar surface area (TPSA) is 0 Å². The lowest BCUT2D eigenvalue weighted by molar-refractivity contribution is -0.111. The minimum atomic E-state index is -4.08. The molecule has 0 saturated carbocycles. The predicted octanol–water partition coefficient (Wildman–Crippen LogP) is 2.16. The standard InChI is InChI=1S/C4H6F3/c1-3(2)4(5,6)7/h1-2H3. The van der Waals surface area contributed by atoms with Crippen LogP contribution in [0.3, 0.4) is 0 Å². The van der Waals surface area contributed by atoms with Crippen LogP contribution in [0.4, 0.5) is 13.2 Å². The Morgan fingerprint density at radius 3 is 1.29 bits per heavy atom. The molecule has 0 aliphatic rings. The van der Waals surface area contributed by atoms with Gasteiger partial charge in [0.1, 0.15) is 0 Å². The fourth-order valence-electron chi connectivity index (χ4n) is 0. The number of hydrogen-bond acceptors (Lipinski definition) is 0. The molecule has 0 spiro atoms. The normalized spacial score (nSPS) is 12.9. The quantitative estimate of drug-likeness (QED) is 0.449. The van der Waals surface area contributed by atoms with Crippen LogP contribution in [0.1, 0.15) is 13.8 Å². The highest BCUT2D eigenvalue weighted by Gasteiger charge is 2.32. The van der Waals surface area contributed by atoms with Gasteiger partial charge in [-0.05, 0) is 0 Å². The molecule has 3 heteroatoms. The number of rotatable bonds is 0. The Bertz CT molecular complexity index is 52.4. The lowest BCUT2D eigenvalue weighted by Crippen LogP contribution is -2.13. The summed E-state index contributed by atoms with van der Waals surface area (Å²) in [6, 6.07) is 0. The molecule has 7 heavy (non-hydrogen) atoms. The molecule has 0 aliphatic heterocycles. The summed E-state index contributed by atoms with van der Waals surface area (Å²) in [5, 5.41) is 0. The Labute approximate surface area is 40.3 Å². The van der Waals surface area contributed by atoms with Crippen LogP contribution >= 0.6 is 0 Å². The van der Waals surface area contributed by atoms with Crippen molar-refractivity contribution in [3.05, 3.63) is 5.92 Å². The number of halogens is 3. The maximum atomic E-state index is 11.1. The van der Waals surface area contributed by atoms with Crippen LogP contribution in [-0.2, 0) is 0 Å². The Morgan fingerprint density at radius 2 is 1.29 bits per heavy atom. The molecule has 0 fully saturated rings. The summed E-state index contributed by atoms with van der Waals surface area (Å²) in [5.74, 6) is -0.507. The molecule has 0 bridgehead atoms. The average molecular weight is 111 g/mol. The summed E-state index contributed by atoms with van der Waals surface area (Å²) in [4.78, 5) is 0. The van der Waals surface area contributed by atoms with Gasteiger partial charge < -0.3 is 0 Å². The predicted molar refractivity (Wildman–Crippen MR) is 20.6 cm³/mol. The Kier molecular flexibility index (Phi) is 1.67. The molecule has 0 amide bonds. The molecule has 0 aliphatic carbocycles. The monoisotopic (exact) mass is 111 g/mol. The van der Waals surface area contributed by atoms with Gasteiger partial charge in [0.25, 0.3) is 0 Å². The molecule has 0 aromatic carbocycles. The fourth-order valence-corrected chi connectivity index (χ4v) is 0. The van der Waals surface area contributed by atoms with Crippen molar-refractivity contribution in [2.24, 2.45) is 0 Å². The van der Waals surface area contributed by atoms with Crippen LogP contribution < -0.4 is 0 Å². The van der Waals surface area contributed by atoms with Crippen molar-refractivity contribution < 1.29 is 13.2 Å². The molecule has 0 aromatic heterocycles. The highest BCUT2D eigenvalue weighted by molar-refractivity contribution is 4.85. The van der Waals surface area contributed by atoms with Crippen molar-refractivity contribution >= 4 is 0 Å². The molecule has 1 radical (unpaired) electrons. The molecule has 43 valence electrons. The van der Waals surface area contributed by atoms with E-state index in [0.29, 0.717) is 0 Å². The first-order valence-electron chi connectivity index (χ1n) is 1.82. The molecule has 0 atom stereocenters. The van der Waals surface area contributed by atoms with E-state index in [4.69, 9.17) is 0 Å². The zero-order valence-corrected chi connectivity index (χ0v) is 4.13. The second kappa shape index (κ2) is 1.72. The van der Waals surface area contributed by atoms with E-state index >= 15 is 0 Å². The van der Waals surface area contributed by atoms with E-state index in [1.54, 1.807) is 0 Å². The van der Waals surface area contributed by atoms with E-state index in [9.17, 15) is 13.2 Å². The van der Waals surface area contributed by atoms with E-state index in [1.165, 1.54) is 0 Å². The Balaban J connectivity index is 3.54. The van der Waals surface area contributed by atoms with Crippen LogP contribution in [0.5, 0.6) is 0 Å². The Hall–Kier alpha value is -0.210. The van der Waals surface area contributed by atoms with Gasteiger partial charge in [0, 0.05) is 0 Å². The van der Waals surface area contributed by atoms with Crippen molar-refractivity contribution in [2.45, 2.75) is 20.0 Å². The molecule has 0 saturated heterocycles. The average Bonchev–Trinajstić information content (AvgIpc) is 1.31. The van der Waals surface area contributed by atoms with Gasteiger partial charge >= 0.3 is 6.18 Å². The van der Waals surface area contributed by atoms with Crippen LogP contribution in [0.25, 0.3) is 0 Å². The highest BCUT2D eigenvalue weighted by Crippen LogP contribution is 2.25. The highest BCUT2D eigenvalue weighted by atomic mass is 19.4. The molecular formula is C4H6F3. The molecular weight excluding hydrogens is 105 g/mol. The van der Waals surface area contributed by atoms with E-state index in [0.717, 1.165) is 13.8 Å². The van der Waals surface area contributed by atoms with Crippen molar-refractivity contribution in [3.8, 4) is 0 Å². The molecule has 0 N–H and O–H groups in total. The van der Waals surface area contributed by atoms with Crippen molar-refractivity contribution in [1.29, 1.82) is 0 Å². The smallest absolute Gasteiger partial charge is 0.170 e. The third-order valence-electron chi connectivity index (χ3n) is 0.567. The van der Waals surface area contributed by atoms with Gasteiger partial charge in [0.2, 0.25) is 0 Å². The number of hydrogen-bond donors (Lipinski definition) is 0. The van der Waals surface area contributed by atoms with Crippen LogP contribution in [-0.4, -0.2) is 6.18 Å². The third kappa shape index (κ3) is 2.48. The van der Waals surface area contributed by atoms with Gasteiger partial charge in [-0.3, -0.25) is 0 Å². The van der Waals surface area contributed by atoms with Crippen LogP contribution in [0.15, 0.2) is 0 Å². The number of alkyl halides is 3. The zero-order valence-electron chi connectivity index (χ0n) is 4.13. The molecule has 0 rings (SSSR count). The summed E-state index contributed by atoms with van der Waals surface area (Å²) >= 11 is 0. The summed E-state index contributed by atoms with van der Waals surface area (Å²) in [6.07, 6.45) is -4.08. The van der Waals surface area contributed by atoms with Crippen molar-refractivity contribution in [2.75, 3.05) is 0 Å². The van der Waals surface area contributed by atoms with E-state index in [2.05, 4.69) is 0 Å². The molecule has 0 unspecified atom stereocenters. The summed E-state index contributed by atoms with van der Waals surface area (Å²) in [6.45, 7) is 2.08. The van der Waals surface area contributed by atoms with E-state index < -0.39 is 12.1 Å². The second-order valence-corrected chi connectivity index (χ2v) is 1.50. The van der Waals surface area contributed by atoms with Crippen LogP contribution in [0, 0.1) is 5.92 Å². The zero-order chi connectivity index (χ0) is 6.08. The summed E-state index contributed by atoms with van der Waals surface area (Å²) in [5.41, 5.74) is 0. The first-order chi connectivity index (χ1) is 2.94. The van der Waals surface area contributed by atoms with Gasteiger partial charge in [0.05, 0.1) is 5.92 Å². The largest absolute Gasteiger partial charge is 0.394 e. The first-order valence-corrected chi connectivity index (χ1v) is 1.82. The van der Waals surface area contributed by atoms with Gasteiger partial charge in [-0.2, -0.15) is 13.2 Å². The van der Waals surface area contributed by atoms with Gasteiger partial charge in [-0.15, -0.1) is 0 Å². The second-order valence-electron chi connectivity index (χ2n) is 1.50. The minimum Gasteiger partial charge on any atom is -0.170 e. The van der Waals surface area contributed by atoms with Gasteiger partial charge in [-0.1, -0.05) is 13.8 Å². The van der Waals surface area contributed by atoms with Crippen molar-refractivity contribution in [1.82, 2.24) is 0 Å². The summed E-state index contributed by atoms with van der Waals surface area (Å²) in [7, 11) is 0. The lowest BCUT2D eigenvalue weighted by Gasteiger charge is -2.06. The maximum absolute atomic E-state index is 11.1. The molecule has 0 nitrogen and oxygen atoms in total. The fraction of sp³-hybridized carbons (Fsp3) is 0.750. The minimum absolute atomic E-state index is 0.507. The maximum Gasteiger partial charge on any atom is 0.394 e. The lowest BCUT2D eigenvalue weighted by atomic mass is 10.2.